The van der Waals surface area contributed by atoms with Crippen LogP contribution in [0.2, 0.25) is 0 Å². The molecule has 0 atom stereocenters. The van der Waals surface area contributed by atoms with E-state index in [0.717, 1.165) is 30.4 Å². The molecule has 1 fully saturated rings. The van der Waals surface area contributed by atoms with E-state index in [-0.39, 0.29) is 10.8 Å². The van der Waals surface area contributed by atoms with Crippen molar-refractivity contribution in [3.8, 4) is 5.75 Å². The molecule has 3 rings (SSSR count). The molecule has 0 saturated carbocycles. The smallest absolute Gasteiger partial charge is 0.256 e. The van der Waals surface area contributed by atoms with E-state index in [2.05, 4.69) is 5.32 Å². The molecule has 0 bridgehead atoms. The lowest BCUT2D eigenvalue weighted by Crippen LogP contribution is -2.35. The number of aryl methyl sites for hydroxylation is 1. The van der Waals surface area contributed by atoms with Gasteiger partial charge in [-0.2, -0.15) is 4.31 Å². The van der Waals surface area contributed by atoms with E-state index in [1.165, 1.54) is 23.5 Å². The average molecular weight is 403 g/mol. The van der Waals surface area contributed by atoms with Gasteiger partial charge in [0.05, 0.1) is 17.7 Å². The van der Waals surface area contributed by atoms with Gasteiger partial charge in [0.25, 0.3) is 5.91 Å². The van der Waals surface area contributed by atoms with E-state index in [1.807, 2.05) is 26.0 Å². The molecule has 1 amide bonds. The summed E-state index contributed by atoms with van der Waals surface area (Å²) in [6.07, 6.45) is 2.78. The fourth-order valence-electron chi connectivity index (χ4n) is 3.39. The number of ether oxygens (including phenoxy) is 1. The van der Waals surface area contributed by atoms with E-state index < -0.39 is 10.0 Å². The number of sulfonamides is 1. The van der Waals surface area contributed by atoms with Gasteiger partial charge >= 0.3 is 0 Å². The van der Waals surface area contributed by atoms with Gasteiger partial charge in [-0.05, 0) is 62.1 Å². The number of nitrogens with one attached hydrogen (secondary N) is 1. The Hall–Kier alpha value is -2.38. The molecule has 0 aromatic heterocycles. The Morgan fingerprint density at radius 1 is 1.07 bits per heavy atom. The van der Waals surface area contributed by atoms with E-state index >= 15 is 0 Å². The lowest BCUT2D eigenvalue weighted by molar-refractivity contribution is 0.102. The first kappa shape index (κ1) is 20.4. The molecule has 6 nitrogen and oxygen atoms in total. The largest absolute Gasteiger partial charge is 0.495 e. The van der Waals surface area contributed by atoms with Gasteiger partial charge in [0.15, 0.2) is 0 Å². The zero-order chi connectivity index (χ0) is 20.3. The van der Waals surface area contributed by atoms with Crippen LogP contribution in [0.15, 0.2) is 41.3 Å². The predicted octanol–water partition coefficient (Wildman–Crippen LogP) is 3.74. The molecule has 0 unspecified atom stereocenters. The molecule has 1 aliphatic rings. The third-order valence-corrected chi connectivity index (χ3v) is 7.12. The highest BCUT2D eigenvalue weighted by atomic mass is 32.2. The number of rotatable bonds is 5. The van der Waals surface area contributed by atoms with Crippen molar-refractivity contribution in [1.82, 2.24) is 4.31 Å². The van der Waals surface area contributed by atoms with Gasteiger partial charge in [-0.15, -0.1) is 0 Å². The number of carbonyl (C=O) groups is 1. The Kier molecular flexibility index (Phi) is 6.05. The Balaban J connectivity index is 1.93. The first-order valence-corrected chi connectivity index (χ1v) is 10.8. The summed E-state index contributed by atoms with van der Waals surface area (Å²) in [7, 11) is -2.11. The summed E-state index contributed by atoms with van der Waals surface area (Å²) >= 11 is 0. The fourth-order valence-corrected chi connectivity index (χ4v) is 4.93. The van der Waals surface area contributed by atoms with Gasteiger partial charge in [-0.1, -0.05) is 18.6 Å². The van der Waals surface area contributed by atoms with Crippen LogP contribution in [0.5, 0.6) is 5.75 Å². The molecule has 150 valence electrons. The molecule has 2 aromatic carbocycles. The van der Waals surface area contributed by atoms with Crippen molar-refractivity contribution < 1.29 is 17.9 Å². The molecule has 0 radical (unpaired) electrons. The number of methoxy groups -OCH3 is 1. The van der Waals surface area contributed by atoms with Crippen molar-refractivity contribution >= 4 is 21.6 Å². The van der Waals surface area contributed by atoms with Crippen LogP contribution in [-0.4, -0.2) is 38.8 Å². The lowest BCUT2D eigenvalue weighted by Gasteiger charge is -2.26. The van der Waals surface area contributed by atoms with Crippen molar-refractivity contribution in [2.45, 2.75) is 38.0 Å². The Labute approximate surface area is 166 Å². The molecule has 0 spiro atoms. The van der Waals surface area contributed by atoms with Crippen LogP contribution in [0, 0.1) is 13.8 Å². The molecule has 0 aliphatic carbocycles. The molecule has 1 aliphatic heterocycles. The summed E-state index contributed by atoms with van der Waals surface area (Å²) in [5.74, 6) is 0.114. The summed E-state index contributed by atoms with van der Waals surface area (Å²) in [4.78, 5) is 13.0. The van der Waals surface area contributed by atoms with Crippen LogP contribution in [0.4, 0.5) is 5.69 Å². The summed E-state index contributed by atoms with van der Waals surface area (Å²) in [5, 5.41) is 2.81. The maximum Gasteiger partial charge on any atom is 0.256 e. The molecule has 7 heteroatoms. The number of piperidine rings is 1. The third-order valence-electron chi connectivity index (χ3n) is 5.22. The highest BCUT2D eigenvalue weighted by Gasteiger charge is 2.27. The van der Waals surface area contributed by atoms with Crippen molar-refractivity contribution in [2.24, 2.45) is 0 Å². The maximum absolute atomic E-state index is 13.0. The van der Waals surface area contributed by atoms with Crippen LogP contribution < -0.4 is 10.1 Å². The number of anilines is 1. The quantitative estimate of drug-likeness (QED) is 0.827. The Morgan fingerprint density at radius 2 is 1.79 bits per heavy atom. The minimum Gasteiger partial charge on any atom is -0.495 e. The van der Waals surface area contributed by atoms with Gasteiger partial charge in [0, 0.05) is 18.7 Å². The molecular formula is C21H26N2O4S. The van der Waals surface area contributed by atoms with Crippen LogP contribution in [0.3, 0.4) is 0 Å². The molecule has 1 heterocycles. The summed E-state index contributed by atoms with van der Waals surface area (Å²) < 4.78 is 32.8. The molecular weight excluding hydrogens is 376 g/mol. The number of hydrogen-bond acceptors (Lipinski definition) is 4. The van der Waals surface area contributed by atoms with E-state index in [9.17, 15) is 13.2 Å². The number of nitrogens with zero attached hydrogens (tertiary/aromatic N) is 1. The normalized spacial score (nSPS) is 15.2. The van der Waals surface area contributed by atoms with Crippen LogP contribution in [0.25, 0.3) is 0 Å². The van der Waals surface area contributed by atoms with Crippen molar-refractivity contribution in [2.75, 3.05) is 25.5 Å². The second kappa shape index (κ2) is 8.32. The predicted molar refractivity (Wildman–Crippen MR) is 109 cm³/mol. The van der Waals surface area contributed by atoms with Gasteiger partial charge in [0.1, 0.15) is 5.75 Å². The van der Waals surface area contributed by atoms with Crippen molar-refractivity contribution in [1.29, 1.82) is 0 Å². The minimum absolute atomic E-state index is 0.159. The summed E-state index contributed by atoms with van der Waals surface area (Å²) in [6.45, 7) is 4.88. The summed E-state index contributed by atoms with van der Waals surface area (Å²) in [6, 6.07) is 10.1. The lowest BCUT2D eigenvalue weighted by atomic mass is 10.0. The first-order chi connectivity index (χ1) is 13.3. The maximum atomic E-state index is 13.0. The standard InChI is InChI=1S/C21H26N2O4S/c1-15-8-7-9-18(16(15)2)21(24)22-19-14-17(10-11-20(19)27-3)28(25,26)23-12-5-4-6-13-23/h7-11,14H,4-6,12-13H2,1-3H3,(H,22,24). The number of benzene rings is 2. The molecule has 2 aromatic rings. The molecule has 1 saturated heterocycles. The summed E-state index contributed by atoms with van der Waals surface area (Å²) in [5.41, 5.74) is 2.79. The SMILES string of the molecule is COc1ccc(S(=O)(=O)N2CCCCC2)cc1NC(=O)c1cccc(C)c1C. The van der Waals surface area contributed by atoms with Crippen LogP contribution in [-0.2, 0) is 10.0 Å². The minimum atomic E-state index is -3.60. The zero-order valence-corrected chi connectivity index (χ0v) is 17.3. The first-order valence-electron chi connectivity index (χ1n) is 9.40. The second-order valence-electron chi connectivity index (χ2n) is 7.03. The Bertz CT molecular complexity index is 980. The molecule has 28 heavy (non-hydrogen) atoms. The topological polar surface area (TPSA) is 75.7 Å². The highest BCUT2D eigenvalue weighted by molar-refractivity contribution is 7.89. The van der Waals surface area contributed by atoms with Gasteiger partial charge in [-0.3, -0.25) is 4.79 Å². The van der Waals surface area contributed by atoms with E-state index in [4.69, 9.17) is 4.74 Å². The van der Waals surface area contributed by atoms with Crippen molar-refractivity contribution in [3.05, 3.63) is 53.1 Å². The number of hydrogen-bond donors (Lipinski definition) is 1. The monoisotopic (exact) mass is 402 g/mol. The van der Waals surface area contributed by atoms with E-state index in [1.54, 1.807) is 12.1 Å². The van der Waals surface area contributed by atoms with Crippen LogP contribution in [0.1, 0.15) is 40.7 Å². The number of amides is 1. The van der Waals surface area contributed by atoms with Gasteiger partial charge in [0.2, 0.25) is 10.0 Å². The molecule has 1 N–H and O–H groups in total. The highest BCUT2D eigenvalue weighted by Crippen LogP contribution is 2.30. The Morgan fingerprint density at radius 3 is 2.46 bits per heavy atom. The second-order valence-corrected chi connectivity index (χ2v) is 8.97. The van der Waals surface area contributed by atoms with Crippen molar-refractivity contribution in [3.63, 3.8) is 0 Å². The van der Waals surface area contributed by atoms with E-state index in [0.29, 0.717) is 30.1 Å². The van der Waals surface area contributed by atoms with Gasteiger partial charge < -0.3 is 10.1 Å². The zero-order valence-electron chi connectivity index (χ0n) is 16.5. The third kappa shape index (κ3) is 4.05. The van der Waals surface area contributed by atoms with Gasteiger partial charge in [-0.25, -0.2) is 8.42 Å². The van der Waals surface area contributed by atoms with Crippen LogP contribution >= 0.6 is 0 Å². The number of carbonyl (C=O) groups excluding carboxylic acids is 1. The fraction of sp³-hybridized carbons (Fsp3) is 0.381. The average Bonchev–Trinajstić information content (AvgIpc) is 2.70.